The number of piperidine rings is 1. The molecule has 11 heteroatoms. The number of halogens is 1. The van der Waals surface area contributed by atoms with E-state index in [9.17, 15) is 14.0 Å². The summed E-state index contributed by atoms with van der Waals surface area (Å²) in [6, 6.07) is 13.7. The minimum absolute atomic E-state index is 0.0820. The van der Waals surface area contributed by atoms with Crippen LogP contribution in [-0.4, -0.2) is 59.5 Å². The normalized spacial score (nSPS) is 14.3. The highest BCUT2D eigenvalue weighted by Crippen LogP contribution is 2.23. The van der Waals surface area contributed by atoms with Crippen molar-refractivity contribution >= 4 is 47.9 Å². The van der Waals surface area contributed by atoms with E-state index < -0.39 is 11.7 Å². The summed E-state index contributed by atoms with van der Waals surface area (Å²) in [5.74, 6) is -0.0539. The van der Waals surface area contributed by atoms with Gasteiger partial charge in [0.05, 0.1) is 16.6 Å². The Labute approximate surface area is 201 Å². The van der Waals surface area contributed by atoms with Crippen molar-refractivity contribution in [3.8, 4) is 0 Å². The van der Waals surface area contributed by atoms with Crippen LogP contribution < -0.4 is 21.0 Å². The lowest BCUT2D eigenvalue weighted by Crippen LogP contribution is -2.39. The summed E-state index contributed by atoms with van der Waals surface area (Å²) in [4.78, 5) is 35.4. The van der Waals surface area contributed by atoms with Crippen LogP contribution >= 0.6 is 0 Å². The Morgan fingerprint density at radius 1 is 1.09 bits per heavy atom. The first-order valence-electron chi connectivity index (χ1n) is 11.6. The third-order valence-electron chi connectivity index (χ3n) is 6.42. The van der Waals surface area contributed by atoms with Crippen LogP contribution in [0.1, 0.15) is 33.7 Å². The molecule has 4 aromatic rings. The minimum atomic E-state index is -0.619. The van der Waals surface area contributed by atoms with E-state index in [1.54, 1.807) is 13.9 Å². The van der Waals surface area contributed by atoms with E-state index in [0.29, 0.717) is 17.9 Å². The summed E-state index contributed by atoms with van der Waals surface area (Å²) in [6.07, 6.45) is 1.86. The first kappa shape index (κ1) is 22.6. The molecule has 2 amide bonds. The molecule has 2 aromatic carbocycles. The van der Waals surface area contributed by atoms with Crippen LogP contribution in [-0.2, 0) is 0 Å². The highest BCUT2D eigenvalue weighted by Gasteiger charge is 2.24. The topological polar surface area (TPSA) is 119 Å². The zero-order valence-electron chi connectivity index (χ0n) is 19.3. The Morgan fingerprint density at radius 3 is 2.60 bits per heavy atom. The Kier molecular flexibility index (Phi) is 6.22. The van der Waals surface area contributed by atoms with Crippen LogP contribution in [0.4, 0.5) is 16.2 Å². The predicted octanol–water partition coefficient (Wildman–Crippen LogP) is 1.58. The zero-order chi connectivity index (χ0) is 24.4. The fourth-order valence-electron chi connectivity index (χ4n) is 4.33. The van der Waals surface area contributed by atoms with Crippen molar-refractivity contribution in [3.05, 3.63) is 65.6 Å². The van der Waals surface area contributed by atoms with E-state index in [0.717, 1.165) is 42.9 Å². The van der Waals surface area contributed by atoms with E-state index in [-0.39, 0.29) is 23.0 Å². The van der Waals surface area contributed by atoms with Crippen LogP contribution in [0, 0.1) is 11.7 Å². The summed E-state index contributed by atoms with van der Waals surface area (Å²) in [6.45, 7) is 2.25. The number of benzene rings is 2. The van der Waals surface area contributed by atoms with Gasteiger partial charge in [-0.2, -0.15) is 5.10 Å². The largest absolute Gasteiger partial charge is 0.350 e. The lowest BCUT2D eigenvalue weighted by molar-refractivity contribution is 0.0940. The number of para-hydroxylation sites is 2. The lowest BCUT2D eigenvalue weighted by Gasteiger charge is -2.31. The third kappa shape index (κ3) is 4.75. The Hall–Kier alpha value is -4.15. The molecular weight excluding hydrogens is 448 g/mol. The van der Waals surface area contributed by atoms with Gasteiger partial charge in [-0.25, -0.2) is 9.37 Å². The van der Waals surface area contributed by atoms with Gasteiger partial charge >= 0.3 is 0 Å². The quantitative estimate of drug-likeness (QED) is 0.317. The van der Waals surface area contributed by atoms with Gasteiger partial charge in [0.25, 0.3) is 11.8 Å². The number of amides is 2. The van der Waals surface area contributed by atoms with E-state index in [1.807, 2.05) is 24.3 Å². The number of H-pyrrole nitrogens is 2. The lowest BCUT2D eigenvalue weighted by atomic mass is 9.94. The molecule has 3 heterocycles. The zero-order valence-corrected chi connectivity index (χ0v) is 19.3. The molecule has 0 atom stereocenters. The highest BCUT2D eigenvalue weighted by atomic mass is 19.1. The van der Waals surface area contributed by atoms with Gasteiger partial charge in [0, 0.05) is 19.6 Å². The number of nitrogens with zero attached hydrogens (tertiary/aromatic N) is 3. The van der Waals surface area contributed by atoms with Crippen molar-refractivity contribution in [2.45, 2.75) is 12.8 Å². The van der Waals surface area contributed by atoms with Crippen LogP contribution in [0.25, 0.3) is 11.0 Å². The second-order valence-electron chi connectivity index (χ2n) is 8.72. The van der Waals surface area contributed by atoms with Gasteiger partial charge in [0.2, 0.25) is 5.95 Å². The van der Waals surface area contributed by atoms with Gasteiger partial charge in [0.15, 0.2) is 0 Å². The molecular formula is C24H25BFN7O2. The van der Waals surface area contributed by atoms with E-state index in [1.165, 1.54) is 18.2 Å². The summed E-state index contributed by atoms with van der Waals surface area (Å²) in [7, 11) is 1.68. The average molecular weight is 473 g/mol. The number of aromatic nitrogens is 4. The molecule has 0 unspecified atom stereocenters. The number of fused-ring (bicyclic) bond motifs is 1. The summed E-state index contributed by atoms with van der Waals surface area (Å²) in [5.41, 5.74) is 2.59. The van der Waals surface area contributed by atoms with Gasteiger partial charge in [0.1, 0.15) is 25.2 Å². The fraction of sp³-hybridized carbons (Fsp3) is 0.250. The Morgan fingerprint density at radius 2 is 1.83 bits per heavy atom. The molecule has 35 heavy (non-hydrogen) atoms. The monoisotopic (exact) mass is 473 g/mol. The number of nitrogens with one attached hydrogen (secondary N) is 4. The molecule has 4 N–H and O–H groups in total. The molecule has 0 bridgehead atoms. The maximum Gasteiger partial charge on any atom is 0.271 e. The molecule has 0 saturated carbocycles. The van der Waals surface area contributed by atoms with Crippen molar-refractivity contribution in [1.29, 1.82) is 0 Å². The molecule has 0 radical (unpaired) electrons. The van der Waals surface area contributed by atoms with Gasteiger partial charge in [-0.05, 0) is 48.5 Å². The number of imidazole rings is 1. The maximum atomic E-state index is 13.9. The van der Waals surface area contributed by atoms with Crippen LogP contribution in [0.15, 0.2) is 48.5 Å². The highest BCUT2D eigenvalue weighted by molar-refractivity contribution is 6.40. The average Bonchev–Trinajstić information content (AvgIpc) is 3.47. The van der Waals surface area contributed by atoms with E-state index >= 15 is 0 Å². The third-order valence-corrected chi connectivity index (χ3v) is 6.42. The van der Waals surface area contributed by atoms with Crippen molar-refractivity contribution < 1.29 is 14.0 Å². The van der Waals surface area contributed by atoms with Crippen LogP contribution in [0.5, 0.6) is 0 Å². The second-order valence-corrected chi connectivity index (χ2v) is 8.72. The predicted molar refractivity (Wildman–Crippen MR) is 134 cm³/mol. The van der Waals surface area contributed by atoms with Gasteiger partial charge in [-0.15, -0.1) is 0 Å². The van der Waals surface area contributed by atoms with Crippen LogP contribution in [0.3, 0.4) is 0 Å². The second kappa shape index (κ2) is 9.61. The Bertz CT molecular complexity index is 1340. The van der Waals surface area contributed by atoms with Crippen molar-refractivity contribution in [2.24, 2.45) is 5.92 Å². The number of anilines is 2. The number of carbonyl (C=O) groups excluding carboxylic acids is 2. The molecule has 178 valence electrons. The van der Waals surface area contributed by atoms with Crippen molar-refractivity contribution in [1.82, 2.24) is 25.5 Å². The number of carbonyl (C=O) groups is 2. The van der Waals surface area contributed by atoms with Crippen molar-refractivity contribution in [2.75, 3.05) is 29.9 Å². The van der Waals surface area contributed by atoms with Crippen LogP contribution in [0.2, 0.25) is 0 Å². The molecule has 1 saturated heterocycles. The number of hydrogen-bond acceptors (Lipinski definition) is 5. The van der Waals surface area contributed by atoms with E-state index in [4.69, 9.17) is 0 Å². The molecule has 2 aromatic heterocycles. The fourth-order valence-corrected chi connectivity index (χ4v) is 4.33. The Balaban J connectivity index is 1.14. The molecule has 0 aliphatic carbocycles. The molecule has 1 fully saturated rings. The number of aromatic amines is 2. The summed E-state index contributed by atoms with van der Waals surface area (Å²) >= 11 is 0. The number of hydrogen-bond donors (Lipinski definition) is 4. The van der Waals surface area contributed by atoms with Gasteiger partial charge in [-0.1, -0.05) is 24.3 Å². The number of rotatable bonds is 6. The first-order valence-corrected chi connectivity index (χ1v) is 11.6. The van der Waals surface area contributed by atoms with Gasteiger partial charge in [-0.3, -0.25) is 14.7 Å². The summed E-state index contributed by atoms with van der Waals surface area (Å²) in [5, 5.41) is 12.3. The maximum absolute atomic E-state index is 13.9. The molecule has 1 aliphatic heterocycles. The van der Waals surface area contributed by atoms with E-state index in [2.05, 4.69) is 35.7 Å². The standard InChI is InChI=1S/C24H25BFN7O2/c25-19-20(31-32-21(19)30-22(34)15-5-1-2-6-16(15)26)23(35)27-13-14-9-11-33(12-10-14)24-28-17-7-3-4-8-18(17)29-24/h1-8,14H,9-13,25H2,(H,27,35)(H,28,29)(H2,30,31,32,34). The molecule has 9 nitrogen and oxygen atoms in total. The van der Waals surface area contributed by atoms with Gasteiger partial charge < -0.3 is 20.5 Å². The molecule has 1 aliphatic rings. The summed E-state index contributed by atoms with van der Waals surface area (Å²) < 4.78 is 13.9. The molecule has 0 spiro atoms. The first-order chi connectivity index (χ1) is 17.0. The molecule has 5 rings (SSSR count). The minimum Gasteiger partial charge on any atom is -0.350 e. The smallest absolute Gasteiger partial charge is 0.271 e. The van der Waals surface area contributed by atoms with Crippen molar-refractivity contribution in [3.63, 3.8) is 0 Å². The SMILES string of the molecule is Bc1c(C(=O)NCC2CCN(c3nc4ccccc4[nH]3)CC2)n[nH]c1NC(=O)c1ccccc1F.